The van der Waals surface area contributed by atoms with E-state index in [0.29, 0.717) is 0 Å². The van der Waals surface area contributed by atoms with E-state index in [1.54, 1.807) is 26.2 Å². The monoisotopic (exact) mass is 237 g/mol. The van der Waals surface area contributed by atoms with Crippen molar-refractivity contribution in [1.82, 2.24) is 0 Å². The average Bonchev–Trinajstić information content (AvgIpc) is 2.03. The molecule has 82 valence electrons. The van der Waals surface area contributed by atoms with Crippen molar-refractivity contribution in [3.8, 4) is 0 Å². The smallest absolute Gasteiger partial charge is 0.225 e. The van der Waals surface area contributed by atoms with Crippen molar-refractivity contribution in [2.24, 2.45) is 11.7 Å². The molecule has 0 aliphatic rings. The van der Waals surface area contributed by atoms with Crippen molar-refractivity contribution in [1.29, 1.82) is 0 Å². The van der Waals surface area contributed by atoms with Crippen LogP contribution in [-0.4, -0.2) is 35.1 Å². The molecule has 1 amide bonds. The van der Waals surface area contributed by atoms with Crippen LogP contribution >= 0.6 is 0 Å². The first-order valence-corrected chi connectivity index (χ1v) is 9.62. The van der Waals surface area contributed by atoms with Gasteiger partial charge < -0.3 is 5.73 Å². The van der Waals surface area contributed by atoms with Gasteiger partial charge in [0.05, 0.1) is 23.5 Å². The molecule has 0 fully saturated rings. The Balaban J connectivity index is 4.68. The van der Waals surface area contributed by atoms with Gasteiger partial charge in [0.1, 0.15) is 11.6 Å². The van der Waals surface area contributed by atoms with Crippen LogP contribution in [0.2, 0.25) is 26.2 Å². The molecule has 14 heavy (non-hydrogen) atoms. The number of hydrogen-bond acceptors (Lipinski definition) is 1. The van der Waals surface area contributed by atoms with Gasteiger partial charge in [-0.15, -0.1) is 0 Å². The summed E-state index contributed by atoms with van der Waals surface area (Å²) in [6.07, 6.45) is 0. The van der Waals surface area contributed by atoms with Crippen molar-refractivity contribution in [3.63, 3.8) is 0 Å². The summed E-state index contributed by atoms with van der Waals surface area (Å²) in [6.45, 7) is 6.87. The quantitative estimate of drug-likeness (QED) is 0.721. The first-order chi connectivity index (χ1) is 6.29. The summed E-state index contributed by atoms with van der Waals surface area (Å²) in [4.78, 5) is 11.0. The zero-order valence-corrected chi connectivity index (χ0v) is 11.0. The summed E-state index contributed by atoms with van der Waals surface area (Å²) in [7, 11) is -2.65. The number of carbonyl (C=O) groups excluding carboxylic acids is 1. The maximum Gasteiger partial charge on any atom is 0.225 e. The van der Waals surface area contributed by atoms with E-state index in [4.69, 9.17) is 5.73 Å². The standard InChI is InChI=1S/C8H17F2NOSi2/c1-13(2)6(9)5(8(11)12)7(10)14(3)4/h5-7H,1-4H3,(H2,11,12). The summed E-state index contributed by atoms with van der Waals surface area (Å²) in [6, 6.07) is 0. The highest BCUT2D eigenvalue weighted by atomic mass is 28.3. The van der Waals surface area contributed by atoms with Crippen molar-refractivity contribution < 1.29 is 13.6 Å². The van der Waals surface area contributed by atoms with E-state index in [0.717, 1.165) is 0 Å². The molecule has 0 rings (SSSR count). The second kappa shape index (κ2) is 5.60. The highest BCUT2D eigenvalue weighted by Crippen LogP contribution is 2.20. The molecule has 0 aliphatic carbocycles. The van der Waals surface area contributed by atoms with Crippen LogP contribution in [-0.2, 0) is 4.79 Å². The van der Waals surface area contributed by atoms with E-state index in [9.17, 15) is 13.6 Å². The molecule has 0 heterocycles. The molecule has 2 nitrogen and oxygen atoms in total. The van der Waals surface area contributed by atoms with Gasteiger partial charge >= 0.3 is 0 Å². The fourth-order valence-corrected chi connectivity index (χ4v) is 3.45. The summed E-state index contributed by atoms with van der Waals surface area (Å²) in [5.74, 6) is -4.84. The van der Waals surface area contributed by atoms with Gasteiger partial charge in [-0.3, -0.25) is 13.6 Å². The molecule has 2 atom stereocenters. The molecule has 0 aromatic carbocycles. The summed E-state index contributed by atoms with van der Waals surface area (Å²) < 4.78 is 27.1. The molecule has 0 bridgehead atoms. The van der Waals surface area contributed by atoms with Crippen LogP contribution in [0, 0.1) is 5.92 Å². The van der Waals surface area contributed by atoms with Gasteiger partial charge in [0.15, 0.2) is 0 Å². The molecule has 0 aliphatic heterocycles. The van der Waals surface area contributed by atoms with Crippen LogP contribution in [0.3, 0.4) is 0 Å². The molecule has 0 aromatic heterocycles. The zero-order chi connectivity index (χ0) is 11.5. The summed E-state index contributed by atoms with van der Waals surface area (Å²) in [5.41, 5.74) is 5.03. The second-order valence-electron chi connectivity index (χ2n) is 3.89. The van der Waals surface area contributed by atoms with Crippen molar-refractivity contribution in [2.45, 2.75) is 37.8 Å². The van der Waals surface area contributed by atoms with Gasteiger partial charge in [-0.1, -0.05) is 26.2 Å². The van der Waals surface area contributed by atoms with Crippen LogP contribution < -0.4 is 5.73 Å². The zero-order valence-electron chi connectivity index (χ0n) is 8.97. The van der Waals surface area contributed by atoms with Crippen LogP contribution in [0.1, 0.15) is 0 Å². The van der Waals surface area contributed by atoms with Gasteiger partial charge in [-0.25, -0.2) is 0 Å². The molecule has 0 aromatic rings. The molecule has 0 saturated carbocycles. The number of halogens is 2. The Kier molecular flexibility index (Phi) is 5.50. The predicted molar refractivity (Wildman–Crippen MR) is 57.4 cm³/mol. The van der Waals surface area contributed by atoms with E-state index < -0.39 is 41.0 Å². The van der Waals surface area contributed by atoms with Gasteiger partial charge in [0.25, 0.3) is 0 Å². The number of nitrogens with two attached hydrogens (primary N) is 1. The molecule has 2 unspecified atom stereocenters. The normalized spacial score (nSPS) is 18.3. The minimum atomic E-state index is -1.38. The van der Waals surface area contributed by atoms with E-state index in [-0.39, 0.29) is 0 Å². The molecular formula is C8H17F2NOSi2. The Labute approximate surface area is 87.1 Å². The van der Waals surface area contributed by atoms with Crippen molar-refractivity contribution in [3.05, 3.63) is 0 Å². The lowest BCUT2D eigenvalue weighted by Crippen LogP contribution is -2.47. The lowest BCUT2D eigenvalue weighted by molar-refractivity contribution is -0.124. The number of alkyl halides is 2. The Bertz CT molecular complexity index is 188. The molecule has 0 saturated heterocycles. The maximum atomic E-state index is 13.6. The van der Waals surface area contributed by atoms with Crippen LogP contribution in [0.25, 0.3) is 0 Å². The van der Waals surface area contributed by atoms with Crippen LogP contribution in [0.4, 0.5) is 8.78 Å². The van der Waals surface area contributed by atoms with Crippen LogP contribution in [0.5, 0.6) is 0 Å². The first-order valence-electron chi connectivity index (χ1n) is 4.46. The van der Waals surface area contributed by atoms with E-state index in [1.165, 1.54) is 0 Å². The van der Waals surface area contributed by atoms with Gasteiger partial charge in [-0.2, -0.15) is 0 Å². The fourth-order valence-electron chi connectivity index (χ4n) is 1.16. The van der Waals surface area contributed by atoms with Gasteiger partial charge in [0.2, 0.25) is 5.91 Å². The van der Waals surface area contributed by atoms with Crippen molar-refractivity contribution >= 4 is 23.5 Å². The number of primary amides is 1. The lowest BCUT2D eigenvalue weighted by Gasteiger charge is -2.25. The van der Waals surface area contributed by atoms with Gasteiger partial charge in [-0.05, 0) is 0 Å². The van der Waals surface area contributed by atoms with E-state index in [1.807, 2.05) is 0 Å². The predicted octanol–water partition coefficient (Wildman–Crippen LogP) is 1.35. The Morgan fingerprint density at radius 2 is 1.36 bits per heavy atom. The molecule has 0 spiro atoms. The summed E-state index contributed by atoms with van der Waals surface area (Å²) >= 11 is 0. The third-order valence-electron chi connectivity index (χ3n) is 2.06. The van der Waals surface area contributed by atoms with Gasteiger partial charge in [0, 0.05) is 0 Å². The Morgan fingerprint density at radius 1 is 1.07 bits per heavy atom. The average molecular weight is 237 g/mol. The minimum Gasteiger partial charge on any atom is -0.369 e. The topological polar surface area (TPSA) is 43.1 Å². The van der Waals surface area contributed by atoms with E-state index in [2.05, 4.69) is 0 Å². The fraction of sp³-hybridized carbons (Fsp3) is 0.875. The third kappa shape index (κ3) is 3.49. The van der Waals surface area contributed by atoms with Crippen LogP contribution in [0.15, 0.2) is 0 Å². The third-order valence-corrected chi connectivity index (χ3v) is 4.99. The van der Waals surface area contributed by atoms with Crippen molar-refractivity contribution in [2.75, 3.05) is 0 Å². The summed E-state index contributed by atoms with van der Waals surface area (Å²) in [5, 5.41) is 0. The number of hydrogen-bond donors (Lipinski definition) is 1. The first kappa shape index (κ1) is 13.8. The van der Waals surface area contributed by atoms with E-state index >= 15 is 0 Å². The number of amides is 1. The minimum absolute atomic E-state index is 0.845. The number of rotatable bonds is 5. The highest BCUT2D eigenvalue weighted by Gasteiger charge is 2.38. The molecule has 2 radical (unpaired) electrons. The SMILES string of the molecule is C[Si](C)C(F)C(C(N)=O)C(F)[Si](C)C. The lowest BCUT2D eigenvalue weighted by atomic mass is 10.2. The number of carbonyl (C=O) groups is 1. The highest BCUT2D eigenvalue weighted by molar-refractivity contribution is 6.60. The largest absolute Gasteiger partial charge is 0.369 e. The Morgan fingerprint density at radius 3 is 1.50 bits per heavy atom. The molecule has 2 N–H and O–H groups in total. The Hall–Kier alpha value is -0.236. The molecular weight excluding hydrogens is 220 g/mol. The maximum absolute atomic E-state index is 13.6. The molecule has 6 heteroatoms. The second-order valence-corrected chi connectivity index (χ2v) is 9.30.